The third-order valence-electron chi connectivity index (χ3n) is 0.892. The topological polar surface area (TPSA) is 52.6 Å². The van der Waals surface area contributed by atoms with Crippen LogP contribution in [0.3, 0.4) is 0 Å². The fraction of sp³-hybridized carbons (Fsp3) is 0.429. The molecule has 0 spiro atoms. The normalized spacial score (nSPS) is 9.83. The lowest BCUT2D eigenvalue weighted by molar-refractivity contribution is -0.138. The third kappa shape index (κ3) is 5.79. The van der Waals surface area contributed by atoms with E-state index in [2.05, 4.69) is 22.1 Å². The van der Waals surface area contributed by atoms with E-state index in [1.807, 2.05) is 0 Å². The third-order valence-corrected chi connectivity index (χ3v) is 1.07. The van der Waals surface area contributed by atoms with Crippen LogP contribution >= 0.6 is 12.6 Å². The van der Waals surface area contributed by atoms with Gasteiger partial charge in [-0.05, 0) is 0 Å². The van der Waals surface area contributed by atoms with Gasteiger partial charge in [0.2, 0.25) is 0 Å². The summed E-state index contributed by atoms with van der Waals surface area (Å²) in [6.45, 7) is 0.230. The second kappa shape index (κ2) is 6.72. The summed E-state index contributed by atoms with van der Waals surface area (Å²) in [5, 5.41) is 0. The molecule has 0 unspecified atom stereocenters. The summed E-state index contributed by atoms with van der Waals surface area (Å²) in [6, 6.07) is 0. The SMILES string of the molecule is COC(=O)/C=C\C(=O)OCCS. The Morgan fingerprint density at radius 2 is 1.92 bits per heavy atom. The Balaban J connectivity index is 3.67. The highest BCUT2D eigenvalue weighted by atomic mass is 32.1. The minimum absolute atomic E-state index is 0.230. The molecule has 0 rings (SSSR count). The van der Waals surface area contributed by atoms with Crippen LogP contribution < -0.4 is 0 Å². The van der Waals surface area contributed by atoms with Gasteiger partial charge in [-0.25, -0.2) is 9.59 Å². The van der Waals surface area contributed by atoms with Crippen LogP contribution in [0.2, 0.25) is 0 Å². The molecule has 0 aliphatic carbocycles. The van der Waals surface area contributed by atoms with Crippen LogP contribution in [0, 0.1) is 0 Å². The lowest BCUT2D eigenvalue weighted by Crippen LogP contribution is -2.04. The Morgan fingerprint density at radius 3 is 2.42 bits per heavy atom. The molecule has 68 valence electrons. The van der Waals surface area contributed by atoms with Crippen molar-refractivity contribution in [2.24, 2.45) is 0 Å². The fourth-order valence-electron chi connectivity index (χ4n) is 0.398. The fourth-order valence-corrected chi connectivity index (χ4v) is 0.490. The van der Waals surface area contributed by atoms with Gasteiger partial charge < -0.3 is 9.47 Å². The monoisotopic (exact) mass is 190 g/mol. The maximum Gasteiger partial charge on any atom is 0.331 e. The number of esters is 2. The summed E-state index contributed by atoms with van der Waals surface area (Å²) in [6.07, 6.45) is 2.01. The predicted molar refractivity (Wildman–Crippen MR) is 46.0 cm³/mol. The molecule has 0 amide bonds. The average molecular weight is 190 g/mol. The number of methoxy groups -OCH3 is 1. The van der Waals surface area contributed by atoms with Gasteiger partial charge in [-0.15, -0.1) is 0 Å². The number of rotatable bonds is 4. The number of hydrogen-bond donors (Lipinski definition) is 1. The molecule has 0 aliphatic heterocycles. The summed E-state index contributed by atoms with van der Waals surface area (Å²) in [7, 11) is 1.23. The summed E-state index contributed by atoms with van der Waals surface area (Å²) in [5.41, 5.74) is 0. The molecule has 0 atom stereocenters. The van der Waals surface area contributed by atoms with E-state index in [4.69, 9.17) is 0 Å². The smallest absolute Gasteiger partial charge is 0.331 e. The van der Waals surface area contributed by atoms with E-state index >= 15 is 0 Å². The molecule has 0 heterocycles. The summed E-state index contributed by atoms with van der Waals surface area (Å²) in [5.74, 6) is -0.704. The van der Waals surface area contributed by atoms with Crippen molar-refractivity contribution in [1.29, 1.82) is 0 Å². The molecule has 5 heteroatoms. The van der Waals surface area contributed by atoms with Crippen molar-refractivity contribution in [3.8, 4) is 0 Å². The van der Waals surface area contributed by atoms with Crippen LogP contribution in [0.4, 0.5) is 0 Å². The van der Waals surface area contributed by atoms with E-state index in [1.165, 1.54) is 7.11 Å². The predicted octanol–water partition coefficient (Wildman–Crippen LogP) is 0.189. The number of hydrogen-bond acceptors (Lipinski definition) is 5. The van der Waals surface area contributed by atoms with E-state index in [9.17, 15) is 9.59 Å². The van der Waals surface area contributed by atoms with Crippen LogP contribution in [0.1, 0.15) is 0 Å². The maximum absolute atomic E-state index is 10.7. The zero-order valence-corrected chi connectivity index (χ0v) is 7.54. The van der Waals surface area contributed by atoms with Crippen molar-refractivity contribution in [2.75, 3.05) is 19.5 Å². The van der Waals surface area contributed by atoms with Crippen molar-refractivity contribution in [3.63, 3.8) is 0 Å². The Kier molecular flexibility index (Phi) is 6.18. The molecule has 0 N–H and O–H groups in total. The van der Waals surface area contributed by atoms with Crippen molar-refractivity contribution >= 4 is 24.6 Å². The average Bonchev–Trinajstić information content (AvgIpc) is 2.10. The first-order chi connectivity index (χ1) is 5.70. The van der Waals surface area contributed by atoms with Gasteiger partial charge in [0.1, 0.15) is 6.61 Å². The van der Waals surface area contributed by atoms with Crippen LogP contribution in [0.15, 0.2) is 12.2 Å². The molecule has 0 radical (unpaired) electrons. The molecule has 0 saturated carbocycles. The molecule has 0 saturated heterocycles. The van der Waals surface area contributed by atoms with Crippen LogP contribution in [0.25, 0.3) is 0 Å². The highest BCUT2D eigenvalue weighted by Crippen LogP contribution is 1.84. The van der Waals surface area contributed by atoms with Gasteiger partial charge in [-0.2, -0.15) is 12.6 Å². The first kappa shape index (κ1) is 11.0. The molecule has 4 nitrogen and oxygen atoms in total. The quantitative estimate of drug-likeness (QED) is 0.390. The minimum Gasteiger partial charge on any atom is -0.466 e. The van der Waals surface area contributed by atoms with Gasteiger partial charge in [0, 0.05) is 17.9 Å². The largest absolute Gasteiger partial charge is 0.466 e. The molecule has 0 aromatic carbocycles. The molecule has 0 aliphatic rings. The van der Waals surface area contributed by atoms with Crippen LogP contribution in [-0.4, -0.2) is 31.4 Å². The standard InChI is InChI=1S/C7H10O4S/c1-10-6(8)2-3-7(9)11-4-5-12/h2-3,12H,4-5H2,1H3/b3-2-. The van der Waals surface area contributed by atoms with Gasteiger partial charge >= 0.3 is 11.9 Å². The Morgan fingerprint density at radius 1 is 1.33 bits per heavy atom. The highest BCUT2D eigenvalue weighted by molar-refractivity contribution is 7.80. The number of thiol groups is 1. The number of carbonyl (C=O) groups is 2. The van der Waals surface area contributed by atoms with Crippen molar-refractivity contribution in [3.05, 3.63) is 12.2 Å². The van der Waals surface area contributed by atoms with E-state index in [0.29, 0.717) is 5.75 Å². The molecular weight excluding hydrogens is 180 g/mol. The summed E-state index contributed by atoms with van der Waals surface area (Å²) < 4.78 is 8.83. The minimum atomic E-state index is -0.585. The Hall–Kier alpha value is -0.970. The van der Waals surface area contributed by atoms with Gasteiger partial charge in [0.15, 0.2) is 0 Å². The van der Waals surface area contributed by atoms with Crippen molar-refractivity contribution in [2.45, 2.75) is 0 Å². The van der Waals surface area contributed by atoms with Gasteiger partial charge in [-0.1, -0.05) is 0 Å². The van der Waals surface area contributed by atoms with Crippen molar-refractivity contribution < 1.29 is 19.1 Å². The molecule has 0 fully saturated rings. The first-order valence-electron chi connectivity index (χ1n) is 3.24. The second-order valence-electron chi connectivity index (χ2n) is 1.75. The van der Waals surface area contributed by atoms with E-state index in [0.717, 1.165) is 12.2 Å². The van der Waals surface area contributed by atoms with E-state index in [1.54, 1.807) is 0 Å². The zero-order valence-electron chi connectivity index (χ0n) is 6.65. The summed E-state index contributed by atoms with van der Waals surface area (Å²) in [4.78, 5) is 21.1. The molecule has 0 bridgehead atoms. The van der Waals surface area contributed by atoms with Gasteiger partial charge in [-0.3, -0.25) is 0 Å². The first-order valence-corrected chi connectivity index (χ1v) is 3.87. The van der Waals surface area contributed by atoms with Crippen molar-refractivity contribution in [1.82, 2.24) is 0 Å². The lowest BCUT2D eigenvalue weighted by atomic mass is 10.5. The molecule has 0 aromatic heterocycles. The zero-order chi connectivity index (χ0) is 9.40. The molecule has 12 heavy (non-hydrogen) atoms. The van der Waals surface area contributed by atoms with Crippen LogP contribution in [0.5, 0.6) is 0 Å². The Bertz CT molecular complexity index is 188. The molecule has 0 aromatic rings. The van der Waals surface area contributed by atoms with Crippen LogP contribution in [-0.2, 0) is 19.1 Å². The number of carbonyl (C=O) groups excluding carboxylic acids is 2. The lowest BCUT2D eigenvalue weighted by Gasteiger charge is -1.96. The van der Waals surface area contributed by atoms with Gasteiger partial charge in [0.05, 0.1) is 7.11 Å². The van der Waals surface area contributed by atoms with Gasteiger partial charge in [0.25, 0.3) is 0 Å². The second-order valence-corrected chi connectivity index (χ2v) is 2.19. The molecular formula is C7H10O4S. The van der Waals surface area contributed by atoms with E-state index < -0.39 is 11.9 Å². The summed E-state index contributed by atoms with van der Waals surface area (Å²) >= 11 is 3.83. The Labute approximate surface area is 75.9 Å². The number of ether oxygens (including phenoxy) is 2. The maximum atomic E-state index is 10.7. The van der Waals surface area contributed by atoms with E-state index in [-0.39, 0.29) is 6.61 Å². The highest BCUT2D eigenvalue weighted by Gasteiger charge is 1.97.